The van der Waals surface area contributed by atoms with E-state index in [1.807, 2.05) is 0 Å². The standard InChI is InChI=1S/C8H8BrClFN.ClH/c9-7-5(3-4-12)1-2-6(10)8(7)11;/h1-2H,3-4,12H2;1H. The van der Waals surface area contributed by atoms with Gasteiger partial charge in [0.25, 0.3) is 0 Å². The Bertz CT molecular complexity index is 294. The third-order valence-electron chi connectivity index (χ3n) is 1.53. The van der Waals surface area contributed by atoms with E-state index in [2.05, 4.69) is 15.9 Å². The van der Waals surface area contributed by atoms with Gasteiger partial charge in [-0.25, -0.2) is 4.39 Å². The van der Waals surface area contributed by atoms with Crippen molar-refractivity contribution in [1.29, 1.82) is 0 Å². The van der Waals surface area contributed by atoms with Crippen molar-refractivity contribution in [3.8, 4) is 0 Å². The lowest BCUT2D eigenvalue weighted by molar-refractivity contribution is 0.618. The van der Waals surface area contributed by atoms with E-state index in [4.69, 9.17) is 17.3 Å². The van der Waals surface area contributed by atoms with Crippen molar-refractivity contribution in [2.45, 2.75) is 6.42 Å². The molecule has 0 saturated carbocycles. The Kier molecular flexibility index (Phi) is 5.88. The Morgan fingerprint density at radius 1 is 1.46 bits per heavy atom. The maximum atomic E-state index is 13.1. The van der Waals surface area contributed by atoms with Gasteiger partial charge in [0, 0.05) is 0 Å². The molecule has 1 nitrogen and oxygen atoms in total. The molecule has 0 amide bonds. The van der Waals surface area contributed by atoms with E-state index in [-0.39, 0.29) is 17.4 Å². The third kappa shape index (κ3) is 3.09. The quantitative estimate of drug-likeness (QED) is 0.831. The second-order valence-corrected chi connectivity index (χ2v) is 3.57. The predicted molar refractivity (Wildman–Crippen MR) is 59.1 cm³/mol. The molecule has 13 heavy (non-hydrogen) atoms. The Morgan fingerprint density at radius 2 is 2.08 bits per heavy atom. The fourth-order valence-corrected chi connectivity index (χ4v) is 1.73. The molecule has 0 aromatic heterocycles. The second-order valence-electron chi connectivity index (χ2n) is 2.37. The number of hydrogen-bond donors (Lipinski definition) is 1. The van der Waals surface area contributed by atoms with Crippen LogP contribution in [-0.2, 0) is 6.42 Å². The predicted octanol–water partition coefficient (Wildman–Crippen LogP) is 3.16. The lowest BCUT2D eigenvalue weighted by atomic mass is 10.1. The van der Waals surface area contributed by atoms with E-state index >= 15 is 0 Å². The maximum Gasteiger partial charge on any atom is 0.156 e. The van der Waals surface area contributed by atoms with Gasteiger partial charge in [-0.15, -0.1) is 12.4 Å². The molecule has 0 aliphatic heterocycles. The monoisotopic (exact) mass is 287 g/mol. The van der Waals surface area contributed by atoms with Crippen LogP contribution in [0.25, 0.3) is 0 Å². The maximum absolute atomic E-state index is 13.1. The van der Waals surface area contributed by atoms with E-state index in [1.165, 1.54) is 6.07 Å². The summed E-state index contributed by atoms with van der Waals surface area (Å²) in [7, 11) is 0. The molecule has 5 heteroatoms. The number of halogens is 4. The summed E-state index contributed by atoms with van der Waals surface area (Å²) < 4.78 is 13.5. The molecule has 0 aliphatic rings. The minimum Gasteiger partial charge on any atom is -0.330 e. The Labute approximate surface area is 96.0 Å². The van der Waals surface area contributed by atoms with Gasteiger partial charge in [0.05, 0.1) is 9.50 Å². The first-order valence-corrected chi connectivity index (χ1v) is 4.66. The van der Waals surface area contributed by atoms with E-state index in [9.17, 15) is 4.39 Å². The van der Waals surface area contributed by atoms with Crippen molar-refractivity contribution in [3.05, 3.63) is 33.0 Å². The van der Waals surface area contributed by atoms with Crippen molar-refractivity contribution in [2.75, 3.05) is 6.54 Å². The van der Waals surface area contributed by atoms with Gasteiger partial charge in [-0.2, -0.15) is 0 Å². The molecular weight excluding hydrogens is 280 g/mol. The molecule has 0 spiro atoms. The van der Waals surface area contributed by atoms with Gasteiger partial charge in [-0.3, -0.25) is 0 Å². The first kappa shape index (κ1) is 13.2. The van der Waals surface area contributed by atoms with Crippen LogP contribution in [0.1, 0.15) is 5.56 Å². The van der Waals surface area contributed by atoms with Gasteiger partial charge >= 0.3 is 0 Å². The molecule has 2 N–H and O–H groups in total. The average molecular weight is 289 g/mol. The summed E-state index contributed by atoms with van der Waals surface area (Å²) in [5, 5.41) is 0.127. The van der Waals surface area contributed by atoms with Crippen LogP contribution in [0, 0.1) is 5.82 Å². The zero-order chi connectivity index (χ0) is 9.14. The summed E-state index contributed by atoms with van der Waals surface area (Å²) in [5.41, 5.74) is 6.19. The van der Waals surface area contributed by atoms with Crippen LogP contribution in [0.5, 0.6) is 0 Å². The Hall–Kier alpha value is 0.170. The largest absolute Gasteiger partial charge is 0.330 e. The molecule has 0 fully saturated rings. The molecule has 0 saturated heterocycles. The average Bonchev–Trinajstić information content (AvgIpc) is 2.07. The molecular formula is C8H9BrCl2FN. The Morgan fingerprint density at radius 3 is 2.62 bits per heavy atom. The topological polar surface area (TPSA) is 26.0 Å². The van der Waals surface area contributed by atoms with Crippen LogP contribution in [-0.4, -0.2) is 6.54 Å². The van der Waals surface area contributed by atoms with Crippen molar-refractivity contribution in [1.82, 2.24) is 0 Å². The minimum atomic E-state index is -0.414. The summed E-state index contributed by atoms with van der Waals surface area (Å²) in [6.07, 6.45) is 0.647. The molecule has 74 valence electrons. The van der Waals surface area contributed by atoms with Crippen molar-refractivity contribution < 1.29 is 4.39 Å². The first-order chi connectivity index (χ1) is 5.66. The molecule has 0 radical (unpaired) electrons. The number of rotatable bonds is 2. The number of nitrogens with two attached hydrogens (primary N) is 1. The van der Waals surface area contributed by atoms with Gasteiger partial charge in [0.2, 0.25) is 0 Å². The van der Waals surface area contributed by atoms with Gasteiger partial charge in [-0.05, 0) is 40.5 Å². The van der Waals surface area contributed by atoms with Crippen LogP contribution in [0.4, 0.5) is 4.39 Å². The highest BCUT2D eigenvalue weighted by molar-refractivity contribution is 9.10. The summed E-state index contributed by atoms with van der Waals surface area (Å²) >= 11 is 8.67. The van der Waals surface area contributed by atoms with Gasteiger partial charge < -0.3 is 5.73 Å². The zero-order valence-electron chi connectivity index (χ0n) is 6.69. The van der Waals surface area contributed by atoms with Crippen LogP contribution < -0.4 is 5.73 Å². The second kappa shape index (κ2) is 5.81. The van der Waals surface area contributed by atoms with Crippen LogP contribution >= 0.6 is 39.9 Å². The van der Waals surface area contributed by atoms with Gasteiger partial charge in [-0.1, -0.05) is 17.7 Å². The van der Waals surface area contributed by atoms with Crippen LogP contribution in [0.3, 0.4) is 0 Å². The zero-order valence-corrected chi connectivity index (χ0v) is 9.85. The molecule has 1 rings (SSSR count). The van der Waals surface area contributed by atoms with E-state index in [0.717, 1.165) is 5.56 Å². The lowest BCUT2D eigenvalue weighted by Crippen LogP contribution is -2.03. The fourth-order valence-electron chi connectivity index (χ4n) is 0.914. The third-order valence-corrected chi connectivity index (χ3v) is 2.68. The van der Waals surface area contributed by atoms with Crippen molar-refractivity contribution in [3.63, 3.8) is 0 Å². The molecule has 0 bridgehead atoms. The van der Waals surface area contributed by atoms with Crippen molar-refractivity contribution in [2.24, 2.45) is 5.73 Å². The molecule has 1 aromatic carbocycles. The number of benzene rings is 1. The Balaban J connectivity index is 0.00000144. The summed E-state index contributed by atoms with van der Waals surface area (Å²) in [5.74, 6) is -0.414. The van der Waals surface area contributed by atoms with Crippen LogP contribution in [0.15, 0.2) is 16.6 Å². The van der Waals surface area contributed by atoms with Crippen molar-refractivity contribution >= 4 is 39.9 Å². The highest BCUT2D eigenvalue weighted by Gasteiger charge is 2.08. The van der Waals surface area contributed by atoms with E-state index in [0.29, 0.717) is 17.4 Å². The van der Waals surface area contributed by atoms with Crippen LogP contribution in [0.2, 0.25) is 5.02 Å². The summed E-state index contributed by atoms with van der Waals surface area (Å²) in [6, 6.07) is 3.30. The normalized spacial score (nSPS) is 9.54. The van der Waals surface area contributed by atoms with E-state index in [1.54, 1.807) is 6.07 Å². The molecule has 0 aliphatic carbocycles. The molecule has 0 unspecified atom stereocenters. The smallest absolute Gasteiger partial charge is 0.156 e. The molecule has 1 aromatic rings. The van der Waals surface area contributed by atoms with Gasteiger partial charge in [0.1, 0.15) is 0 Å². The highest BCUT2D eigenvalue weighted by Crippen LogP contribution is 2.26. The first-order valence-electron chi connectivity index (χ1n) is 3.49. The molecule has 0 atom stereocenters. The van der Waals surface area contributed by atoms with Gasteiger partial charge in [0.15, 0.2) is 5.82 Å². The lowest BCUT2D eigenvalue weighted by Gasteiger charge is -2.04. The van der Waals surface area contributed by atoms with E-state index < -0.39 is 5.82 Å². The minimum absolute atomic E-state index is 0. The summed E-state index contributed by atoms with van der Waals surface area (Å²) in [6.45, 7) is 0.500. The summed E-state index contributed by atoms with van der Waals surface area (Å²) in [4.78, 5) is 0. The SMILES string of the molecule is Cl.NCCc1ccc(Cl)c(F)c1Br. The number of hydrogen-bond acceptors (Lipinski definition) is 1. The highest BCUT2D eigenvalue weighted by atomic mass is 79.9. The fraction of sp³-hybridized carbons (Fsp3) is 0.250. The molecule has 0 heterocycles.